The number of hydrogen-bond donors (Lipinski definition) is 2. The lowest BCUT2D eigenvalue weighted by atomic mass is 9.69. The minimum atomic E-state index is -1.11. The van der Waals surface area contributed by atoms with Crippen LogP contribution < -0.4 is 10.1 Å². The van der Waals surface area contributed by atoms with Gasteiger partial charge in [0.1, 0.15) is 5.92 Å². The Balaban J connectivity index is 2.32. The van der Waals surface area contributed by atoms with Crippen molar-refractivity contribution in [2.75, 3.05) is 20.8 Å². The third kappa shape index (κ3) is 4.09. The summed E-state index contributed by atoms with van der Waals surface area (Å²) in [6.45, 7) is 5.06. The number of rotatable bonds is 6. The molecule has 0 spiro atoms. The molecule has 2 N–H and O–H groups in total. The Morgan fingerprint density at radius 3 is 2.53 bits per heavy atom. The lowest BCUT2D eigenvalue weighted by molar-refractivity contribution is -0.386. The first-order valence-electron chi connectivity index (χ1n) is 10.6. The van der Waals surface area contributed by atoms with E-state index in [1.54, 1.807) is 20.8 Å². The number of ketones is 1. The number of nitro groups is 1. The van der Waals surface area contributed by atoms with Crippen LogP contribution in [0.4, 0.5) is 5.69 Å². The summed E-state index contributed by atoms with van der Waals surface area (Å²) in [5, 5.41) is 24.9. The van der Waals surface area contributed by atoms with Crippen molar-refractivity contribution >= 4 is 23.4 Å². The quantitative estimate of drug-likeness (QED) is 0.272. The second-order valence-electron chi connectivity index (χ2n) is 8.10. The Bertz CT molecular complexity index is 1140. The van der Waals surface area contributed by atoms with Gasteiger partial charge in [-0.05, 0) is 37.8 Å². The molecule has 0 saturated carbocycles. The van der Waals surface area contributed by atoms with Gasteiger partial charge in [-0.25, -0.2) is 4.79 Å². The second kappa shape index (κ2) is 9.54. The van der Waals surface area contributed by atoms with Gasteiger partial charge in [-0.2, -0.15) is 0 Å². The van der Waals surface area contributed by atoms with Crippen LogP contribution in [0.5, 0.6) is 11.5 Å². The molecule has 1 aliphatic carbocycles. The van der Waals surface area contributed by atoms with Crippen LogP contribution in [-0.2, 0) is 23.9 Å². The van der Waals surface area contributed by atoms with Gasteiger partial charge in [0.2, 0.25) is 5.75 Å². The van der Waals surface area contributed by atoms with Gasteiger partial charge in [0, 0.05) is 29.0 Å². The number of allylic oxidation sites excluding steroid dienone is 3. The first kappa shape index (κ1) is 24.7. The monoisotopic (exact) mass is 474 g/mol. The minimum absolute atomic E-state index is 0.0586. The summed E-state index contributed by atoms with van der Waals surface area (Å²) in [7, 11) is 2.41. The van der Waals surface area contributed by atoms with Crippen LogP contribution in [0.25, 0.3) is 0 Å². The molecule has 11 nitrogen and oxygen atoms in total. The van der Waals surface area contributed by atoms with E-state index in [0.717, 1.165) is 6.07 Å². The normalized spacial score (nSPS) is 22.0. The number of carbonyl (C=O) groups is 3. The molecule has 3 atom stereocenters. The number of nitrogens with zero attached hydrogens (tertiary/aromatic N) is 1. The van der Waals surface area contributed by atoms with Gasteiger partial charge >= 0.3 is 17.6 Å². The second-order valence-corrected chi connectivity index (χ2v) is 8.10. The number of aromatic hydroxyl groups is 1. The highest BCUT2D eigenvalue weighted by atomic mass is 16.6. The summed E-state index contributed by atoms with van der Waals surface area (Å²) in [5.41, 5.74) is 0.593. The maximum Gasteiger partial charge on any atom is 0.336 e. The Labute approximate surface area is 195 Å². The van der Waals surface area contributed by atoms with Crippen molar-refractivity contribution in [2.24, 2.45) is 11.8 Å². The molecule has 1 aliphatic heterocycles. The topological polar surface area (TPSA) is 154 Å². The van der Waals surface area contributed by atoms with Crippen molar-refractivity contribution in [3.63, 3.8) is 0 Å². The molecular formula is C23H26N2O9. The van der Waals surface area contributed by atoms with Crippen LogP contribution >= 0.6 is 0 Å². The van der Waals surface area contributed by atoms with Crippen LogP contribution in [0, 0.1) is 22.0 Å². The number of ether oxygens (including phenoxy) is 3. The molecule has 0 amide bonds. The van der Waals surface area contributed by atoms with E-state index in [4.69, 9.17) is 14.2 Å². The van der Waals surface area contributed by atoms with E-state index in [0.29, 0.717) is 17.8 Å². The number of nitrogens with one attached hydrogen (secondary N) is 1. The molecule has 0 unspecified atom stereocenters. The van der Waals surface area contributed by atoms with Gasteiger partial charge in [-0.1, -0.05) is 6.92 Å². The van der Waals surface area contributed by atoms with Crippen molar-refractivity contribution in [2.45, 2.75) is 33.1 Å². The Hall–Kier alpha value is -3.89. The van der Waals surface area contributed by atoms with Crippen molar-refractivity contribution in [3.05, 3.63) is 50.4 Å². The highest BCUT2D eigenvalue weighted by molar-refractivity contribution is 6.12. The average Bonchev–Trinajstić information content (AvgIpc) is 2.77. The molecule has 0 fully saturated rings. The zero-order chi connectivity index (χ0) is 25.3. The molecule has 34 heavy (non-hydrogen) atoms. The Kier molecular flexibility index (Phi) is 6.94. The number of phenols is 1. The highest BCUT2D eigenvalue weighted by Crippen LogP contribution is 2.48. The fourth-order valence-corrected chi connectivity index (χ4v) is 4.57. The number of esters is 2. The van der Waals surface area contributed by atoms with Crippen LogP contribution in [0.1, 0.15) is 38.7 Å². The van der Waals surface area contributed by atoms with E-state index >= 15 is 0 Å². The van der Waals surface area contributed by atoms with Crippen LogP contribution in [0.3, 0.4) is 0 Å². The lowest BCUT2D eigenvalue weighted by Crippen LogP contribution is -2.43. The number of benzene rings is 1. The molecule has 1 aromatic rings. The van der Waals surface area contributed by atoms with Crippen molar-refractivity contribution in [3.8, 4) is 11.5 Å². The number of hydrogen-bond acceptors (Lipinski definition) is 10. The van der Waals surface area contributed by atoms with Crippen molar-refractivity contribution in [1.82, 2.24) is 5.32 Å². The number of nitro benzene ring substituents is 1. The highest BCUT2D eigenvalue weighted by Gasteiger charge is 2.47. The SMILES string of the molecule is CCOC(=O)C1=C(C)NC2=C(C(=O)[C@@H](C(=O)OC)[C@H](C)C2)[C@H]1c1cc(OC)c(O)c([N+](=O)[O-])c1. The minimum Gasteiger partial charge on any atom is -0.500 e. The van der Waals surface area contributed by atoms with Gasteiger partial charge in [-0.3, -0.25) is 19.7 Å². The van der Waals surface area contributed by atoms with Gasteiger partial charge in [0.15, 0.2) is 11.5 Å². The standard InChI is InChI=1S/C23H26N2O9/c1-6-34-23(29)17-11(3)24-13-7-10(2)16(22(28)33-5)21(27)19(13)18(17)12-8-14(25(30)31)20(26)15(9-12)32-4/h8-10,16,18,24,26H,6-7H2,1-5H3/t10-,16+,18+/m1/s1. The molecule has 2 aliphatic rings. The van der Waals surface area contributed by atoms with Crippen LogP contribution in [-0.4, -0.2) is 48.6 Å². The van der Waals surface area contributed by atoms with Crippen LogP contribution in [0.15, 0.2) is 34.7 Å². The van der Waals surface area contributed by atoms with Gasteiger partial charge in [0.25, 0.3) is 0 Å². The summed E-state index contributed by atoms with van der Waals surface area (Å²) in [4.78, 5) is 49.9. The number of phenolic OH excluding ortho intramolecular Hbond substituents is 1. The molecule has 1 heterocycles. The molecule has 0 aromatic heterocycles. The zero-order valence-corrected chi connectivity index (χ0v) is 19.5. The van der Waals surface area contributed by atoms with E-state index in [-0.39, 0.29) is 35.0 Å². The zero-order valence-electron chi connectivity index (χ0n) is 19.5. The maximum absolute atomic E-state index is 13.6. The predicted molar refractivity (Wildman–Crippen MR) is 118 cm³/mol. The first-order valence-corrected chi connectivity index (χ1v) is 10.6. The maximum atomic E-state index is 13.6. The molecule has 11 heteroatoms. The number of methoxy groups -OCH3 is 2. The number of dihydropyridines is 1. The third-order valence-electron chi connectivity index (χ3n) is 6.07. The molecule has 0 radical (unpaired) electrons. The molecule has 0 bridgehead atoms. The Morgan fingerprint density at radius 2 is 1.97 bits per heavy atom. The fraction of sp³-hybridized carbons (Fsp3) is 0.435. The fourth-order valence-electron chi connectivity index (χ4n) is 4.57. The largest absolute Gasteiger partial charge is 0.500 e. The van der Waals surface area contributed by atoms with Gasteiger partial charge < -0.3 is 24.6 Å². The van der Waals surface area contributed by atoms with E-state index in [2.05, 4.69) is 5.32 Å². The van der Waals surface area contributed by atoms with Gasteiger partial charge in [0.05, 0.1) is 31.3 Å². The first-order chi connectivity index (χ1) is 16.1. The molecular weight excluding hydrogens is 448 g/mol. The van der Waals surface area contributed by atoms with Crippen molar-refractivity contribution in [1.29, 1.82) is 0 Å². The number of Topliss-reactive ketones (excluding diaryl/α,β-unsaturated/α-hetero) is 1. The summed E-state index contributed by atoms with van der Waals surface area (Å²) >= 11 is 0. The van der Waals surface area contributed by atoms with E-state index in [9.17, 15) is 29.6 Å². The smallest absolute Gasteiger partial charge is 0.336 e. The summed E-state index contributed by atoms with van der Waals surface area (Å²) < 4.78 is 15.2. The average molecular weight is 474 g/mol. The van der Waals surface area contributed by atoms with E-state index in [1.807, 2.05) is 0 Å². The third-order valence-corrected chi connectivity index (χ3v) is 6.07. The summed E-state index contributed by atoms with van der Waals surface area (Å²) in [6, 6.07) is 2.41. The Morgan fingerprint density at radius 1 is 1.29 bits per heavy atom. The van der Waals surface area contributed by atoms with Crippen molar-refractivity contribution < 1.29 is 38.6 Å². The molecule has 1 aromatic carbocycles. The van der Waals surface area contributed by atoms with Crippen LogP contribution in [0.2, 0.25) is 0 Å². The number of carbonyl (C=O) groups excluding carboxylic acids is 3. The predicted octanol–water partition coefficient (Wildman–Crippen LogP) is 2.49. The van der Waals surface area contributed by atoms with Gasteiger partial charge in [-0.15, -0.1) is 0 Å². The van der Waals surface area contributed by atoms with E-state index < -0.39 is 45.9 Å². The van der Waals surface area contributed by atoms with E-state index in [1.165, 1.54) is 20.3 Å². The lowest BCUT2D eigenvalue weighted by Gasteiger charge is -2.38. The summed E-state index contributed by atoms with van der Waals surface area (Å²) in [6.07, 6.45) is 0.308. The molecule has 3 rings (SSSR count). The molecule has 0 saturated heterocycles. The molecule has 182 valence electrons. The summed E-state index contributed by atoms with van der Waals surface area (Å²) in [5.74, 6) is -5.46.